The van der Waals surface area contributed by atoms with Gasteiger partial charge in [0.1, 0.15) is 24.4 Å². The van der Waals surface area contributed by atoms with Crippen molar-refractivity contribution in [3.8, 4) is 0 Å². The zero-order chi connectivity index (χ0) is 19.1. The van der Waals surface area contributed by atoms with Crippen molar-refractivity contribution in [2.75, 3.05) is 6.61 Å². The van der Waals surface area contributed by atoms with Crippen molar-refractivity contribution in [3.05, 3.63) is 35.9 Å². The van der Waals surface area contributed by atoms with Gasteiger partial charge in [-0.3, -0.25) is 9.59 Å². The highest BCUT2D eigenvalue weighted by Crippen LogP contribution is 2.19. The Hall–Kier alpha value is -2.04. The number of rotatable bonds is 7. The minimum Gasteiger partial charge on any atom is -0.394 e. The average molecular weight is 368 g/mol. The first-order valence-corrected chi connectivity index (χ1v) is 8.33. The molecular weight excluding hydrogens is 344 g/mol. The van der Waals surface area contributed by atoms with E-state index in [4.69, 9.17) is 9.84 Å². The number of benzene rings is 1. The number of ether oxygens (including phenoxy) is 1. The molecule has 0 spiro atoms. The van der Waals surface area contributed by atoms with Gasteiger partial charge in [0.15, 0.2) is 6.23 Å². The van der Waals surface area contributed by atoms with Gasteiger partial charge in [-0.2, -0.15) is 0 Å². The predicted molar refractivity (Wildman–Crippen MR) is 89.4 cm³/mol. The molecule has 5 atom stereocenters. The topological polar surface area (TPSA) is 148 Å². The SMILES string of the molecule is O=C(CCC(=O)N[C@@H]1O[C@H](CO)[C@@H](O)[C@H](O)[C@H]1O)NCc1ccccc1. The van der Waals surface area contributed by atoms with Crippen LogP contribution in [0.3, 0.4) is 0 Å². The highest BCUT2D eigenvalue weighted by atomic mass is 16.6. The molecule has 1 aromatic rings. The quantitative estimate of drug-likeness (QED) is 0.326. The molecule has 0 aromatic heterocycles. The summed E-state index contributed by atoms with van der Waals surface area (Å²) in [6.45, 7) is -0.229. The summed E-state index contributed by atoms with van der Waals surface area (Å²) in [7, 11) is 0. The molecule has 6 N–H and O–H groups in total. The standard InChI is InChI=1S/C17H24N2O7/c20-9-11-14(23)15(24)16(25)17(26-11)19-13(22)7-6-12(21)18-8-10-4-2-1-3-5-10/h1-5,11,14-17,20,23-25H,6-9H2,(H,18,21)(H,19,22)/t11-,14-,15+,16-,17-/m1/s1. The van der Waals surface area contributed by atoms with E-state index in [2.05, 4.69) is 10.6 Å². The molecule has 1 aromatic carbocycles. The summed E-state index contributed by atoms with van der Waals surface area (Å²) >= 11 is 0. The molecule has 1 aliphatic rings. The Morgan fingerprint density at radius 3 is 2.27 bits per heavy atom. The zero-order valence-corrected chi connectivity index (χ0v) is 14.1. The molecule has 2 rings (SSSR count). The second-order valence-corrected chi connectivity index (χ2v) is 6.08. The van der Waals surface area contributed by atoms with Crippen LogP contribution in [-0.4, -0.2) is 69.5 Å². The number of aliphatic hydroxyl groups excluding tert-OH is 4. The van der Waals surface area contributed by atoms with Gasteiger partial charge in [0.25, 0.3) is 0 Å². The molecule has 144 valence electrons. The maximum absolute atomic E-state index is 11.9. The summed E-state index contributed by atoms with van der Waals surface area (Å²) in [6, 6.07) is 9.32. The van der Waals surface area contributed by atoms with E-state index in [-0.39, 0.29) is 18.7 Å². The van der Waals surface area contributed by atoms with Crippen LogP contribution in [0.5, 0.6) is 0 Å². The highest BCUT2D eigenvalue weighted by molar-refractivity contribution is 5.83. The van der Waals surface area contributed by atoms with Crippen molar-refractivity contribution in [2.45, 2.75) is 50.0 Å². The molecule has 0 aliphatic carbocycles. The van der Waals surface area contributed by atoms with E-state index in [0.717, 1.165) is 5.56 Å². The van der Waals surface area contributed by atoms with Crippen LogP contribution in [0.2, 0.25) is 0 Å². The van der Waals surface area contributed by atoms with Crippen molar-refractivity contribution in [2.24, 2.45) is 0 Å². The Morgan fingerprint density at radius 1 is 0.962 bits per heavy atom. The van der Waals surface area contributed by atoms with Gasteiger partial charge in [-0.05, 0) is 5.56 Å². The van der Waals surface area contributed by atoms with Crippen LogP contribution >= 0.6 is 0 Å². The Balaban J connectivity index is 1.74. The molecule has 0 unspecified atom stereocenters. The van der Waals surface area contributed by atoms with Gasteiger partial charge in [-0.25, -0.2) is 0 Å². The Morgan fingerprint density at radius 2 is 1.62 bits per heavy atom. The highest BCUT2D eigenvalue weighted by Gasteiger charge is 2.43. The van der Waals surface area contributed by atoms with E-state index in [0.29, 0.717) is 6.54 Å². The molecular formula is C17H24N2O7. The van der Waals surface area contributed by atoms with Crippen LogP contribution in [-0.2, 0) is 20.9 Å². The lowest BCUT2D eigenvalue weighted by Gasteiger charge is -2.40. The van der Waals surface area contributed by atoms with Gasteiger partial charge in [-0.1, -0.05) is 30.3 Å². The summed E-state index contributed by atoms with van der Waals surface area (Å²) in [4.78, 5) is 23.7. The molecule has 1 aliphatic heterocycles. The van der Waals surface area contributed by atoms with Gasteiger partial charge in [-0.15, -0.1) is 0 Å². The first-order valence-electron chi connectivity index (χ1n) is 8.33. The lowest BCUT2D eigenvalue weighted by Crippen LogP contribution is -2.63. The number of carbonyl (C=O) groups excluding carboxylic acids is 2. The summed E-state index contributed by atoms with van der Waals surface area (Å²) in [5.41, 5.74) is 0.937. The molecule has 1 heterocycles. The van der Waals surface area contributed by atoms with Crippen LogP contribution in [0.15, 0.2) is 30.3 Å². The summed E-state index contributed by atoms with van der Waals surface area (Å²) in [5, 5.41) is 43.3. The molecule has 0 radical (unpaired) electrons. The van der Waals surface area contributed by atoms with Crippen molar-refractivity contribution in [1.82, 2.24) is 10.6 Å². The number of hydrogen-bond acceptors (Lipinski definition) is 7. The summed E-state index contributed by atoms with van der Waals surface area (Å²) < 4.78 is 5.17. The van der Waals surface area contributed by atoms with Gasteiger partial charge in [0.05, 0.1) is 6.61 Å². The maximum atomic E-state index is 11.9. The number of amides is 2. The average Bonchev–Trinajstić information content (AvgIpc) is 2.66. The summed E-state index contributed by atoms with van der Waals surface area (Å²) in [6.07, 6.45) is -7.21. The van der Waals surface area contributed by atoms with E-state index in [1.807, 2.05) is 30.3 Å². The fraction of sp³-hybridized carbons (Fsp3) is 0.529. The van der Waals surface area contributed by atoms with Crippen molar-refractivity contribution in [1.29, 1.82) is 0 Å². The van der Waals surface area contributed by atoms with Gasteiger partial charge in [0.2, 0.25) is 11.8 Å². The first-order chi connectivity index (χ1) is 12.4. The Kier molecular flexibility index (Phi) is 7.49. The number of hydrogen-bond donors (Lipinski definition) is 6. The van der Waals surface area contributed by atoms with Crippen LogP contribution in [0.25, 0.3) is 0 Å². The van der Waals surface area contributed by atoms with Gasteiger partial charge < -0.3 is 35.8 Å². The summed E-state index contributed by atoms with van der Waals surface area (Å²) in [5.74, 6) is -0.873. The molecule has 1 fully saturated rings. The lowest BCUT2D eigenvalue weighted by atomic mass is 9.98. The lowest BCUT2D eigenvalue weighted by molar-refractivity contribution is -0.236. The number of carbonyl (C=O) groups is 2. The second-order valence-electron chi connectivity index (χ2n) is 6.08. The maximum Gasteiger partial charge on any atom is 0.222 e. The zero-order valence-electron chi connectivity index (χ0n) is 14.1. The second kappa shape index (κ2) is 9.60. The fourth-order valence-corrected chi connectivity index (χ4v) is 2.56. The number of aliphatic hydroxyl groups is 4. The van der Waals surface area contributed by atoms with Gasteiger partial charge >= 0.3 is 0 Å². The molecule has 0 saturated carbocycles. The van der Waals surface area contributed by atoms with Crippen molar-refractivity contribution < 1.29 is 34.8 Å². The van der Waals surface area contributed by atoms with E-state index in [1.54, 1.807) is 0 Å². The van der Waals surface area contributed by atoms with Gasteiger partial charge in [0, 0.05) is 19.4 Å². The van der Waals surface area contributed by atoms with Crippen molar-refractivity contribution >= 4 is 11.8 Å². The van der Waals surface area contributed by atoms with E-state index in [1.165, 1.54) is 0 Å². The Labute approximate surface area is 150 Å². The third-order valence-electron chi connectivity index (χ3n) is 4.11. The minimum absolute atomic E-state index is 0.0594. The molecule has 1 saturated heterocycles. The van der Waals surface area contributed by atoms with Crippen LogP contribution in [0.1, 0.15) is 18.4 Å². The smallest absolute Gasteiger partial charge is 0.222 e. The fourth-order valence-electron chi connectivity index (χ4n) is 2.56. The molecule has 26 heavy (non-hydrogen) atoms. The molecule has 0 bridgehead atoms. The monoisotopic (exact) mass is 368 g/mol. The first kappa shape index (κ1) is 20.3. The Bertz CT molecular complexity index is 596. The molecule has 9 heteroatoms. The van der Waals surface area contributed by atoms with E-state index >= 15 is 0 Å². The van der Waals surface area contributed by atoms with Crippen LogP contribution in [0.4, 0.5) is 0 Å². The van der Waals surface area contributed by atoms with Crippen LogP contribution in [0, 0.1) is 0 Å². The third kappa shape index (κ3) is 5.48. The van der Waals surface area contributed by atoms with E-state index < -0.39 is 43.2 Å². The normalized spacial score (nSPS) is 28.4. The largest absolute Gasteiger partial charge is 0.394 e. The minimum atomic E-state index is -1.57. The van der Waals surface area contributed by atoms with Crippen molar-refractivity contribution in [3.63, 3.8) is 0 Å². The molecule has 2 amide bonds. The number of nitrogens with one attached hydrogen (secondary N) is 2. The predicted octanol–water partition coefficient (Wildman–Crippen LogP) is -2.00. The molecule has 9 nitrogen and oxygen atoms in total. The van der Waals surface area contributed by atoms with Crippen LogP contribution < -0.4 is 10.6 Å². The van der Waals surface area contributed by atoms with E-state index in [9.17, 15) is 24.9 Å². The third-order valence-corrected chi connectivity index (χ3v) is 4.11.